The molecule has 0 amide bonds. The van der Waals surface area contributed by atoms with Crippen LogP contribution in [-0.2, 0) is 6.42 Å². The van der Waals surface area contributed by atoms with E-state index in [9.17, 15) is 4.39 Å². The maximum absolute atomic E-state index is 13.6. The number of hydrogen-bond donors (Lipinski definition) is 0. The van der Waals surface area contributed by atoms with Crippen LogP contribution in [0.3, 0.4) is 0 Å². The predicted octanol–water partition coefficient (Wildman–Crippen LogP) is 5.76. The van der Waals surface area contributed by atoms with Crippen molar-refractivity contribution in [1.29, 1.82) is 0 Å². The molecule has 0 bridgehead atoms. The van der Waals surface area contributed by atoms with E-state index in [0.29, 0.717) is 17.0 Å². The molecular formula is C14H10BrClFI. The van der Waals surface area contributed by atoms with Crippen LogP contribution in [0, 0.1) is 9.39 Å². The Bertz CT molecular complexity index is 559. The normalized spacial score (nSPS) is 12.4. The van der Waals surface area contributed by atoms with Gasteiger partial charge in [0.25, 0.3) is 0 Å². The average molecular weight is 439 g/mol. The standard InChI is InChI=1S/C14H10BrClFI/c15-12(7-9-3-1-2-4-13(9)17)11-8-10(16)5-6-14(11)18/h1-6,8,12H,7H2. The molecule has 94 valence electrons. The van der Waals surface area contributed by atoms with Crippen LogP contribution in [0.25, 0.3) is 0 Å². The van der Waals surface area contributed by atoms with Gasteiger partial charge < -0.3 is 0 Å². The summed E-state index contributed by atoms with van der Waals surface area (Å²) >= 11 is 11.9. The van der Waals surface area contributed by atoms with Gasteiger partial charge in [0.1, 0.15) is 5.82 Å². The fourth-order valence-electron chi connectivity index (χ4n) is 1.72. The van der Waals surface area contributed by atoms with Gasteiger partial charge in [-0.2, -0.15) is 0 Å². The molecule has 4 heteroatoms. The molecule has 2 aromatic carbocycles. The molecule has 0 aliphatic rings. The summed E-state index contributed by atoms with van der Waals surface area (Å²) in [5.41, 5.74) is 1.79. The van der Waals surface area contributed by atoms with Gasteiger partial charge in [0.05, 0.1) is 0 Å². The SMILES string of the molecule is Fc1ccccc1CC(Br)c1cc(Cl)ccc1I. The van der Waals surface area contributed by atoms with Gasteiger partial charge in [-0.15, -0.1) is 0 Å². The third-order valence-electron chi connectivity index (χ3n) is 2.65. The van der Waals surface area contributed by atoms with Gasteiger partial charge in [-0.05, 0) is 64.4 Å². The smallest absolute Gasteiger partial charge is 0.126 e. The van der Waals surface area contributed by atoms with E-state index >= 15 is 0 Å². The molecule has 0 heterocycles. The van der Waals surface area contributed by atoms with Crippen LogP contribution in [-0.4, -0.2) is 0 Å². The Balaban J connectivity index is 2.25. The van der Waals surface area contributed by atoms with Crippen molar-refractivity contribution in [3.8, 4) is 0 Å². The van der Waals surface area contributed by atoms with Crippen LogP contribution in [0.2, 0.25) is 5.02 Å². The van der Waals surface area contributed by atoms with Gasteiger partial charge in [-0.3, -0.25) is 0 Å². The predicted molar refractivity (Wildman–Crippen MR) is 85.9 cm³/mol. The van der Waals surface area contributed by atoms with Crippen LogP contribution < -0.4 is 0 Å². The molecule has 0 spiro atoms. The Hall–Kier alpha value is -0.130. The summed E-state index contributed by atoms with van der Waals surface area (Å²) in [6.45, 7) is 0. The molecule has 0 fully saturated rings. The Kier molecular flexibility index (Phi) is 5.04. The quantitative estimate of drug-likeness (QED) is 0.421. The molecule has 18 heavy (non-hydrogen) atoms. The minimum absolute atomic E-state index is 0.0556. The Morgan fingerprint density at radius 3 is 2.67 bits per heavy atom. The zero-order chi connectivity index (χ0) is 13.1. The van der Waals surface area contributed by atoms with Gasteiger partial charge >= 0.3 is 0 Å². The van der Waals surface area contributed by atoms with Crippen LogP contribution >= 0.6 is 50.1 Å². The van der Waals surface area contributed by atoms with E-state index in [1.807, 2.05) is 24.3 Å². The van der Waals surface area contributed by atoms with Crippen molar-refractivity contribution >= 4 is 50.1 Å². The summed E-state index contributed by atoms with van der Waals surface area (Å²) in [7, 11) is 0. The molecule has 0 saturated heterocycles. The van der Waals surface area contributed by atoms with Crippen LogP contribution in [0.1, 0.15) is 16.0 Å². The van der Waals surface area contributed by atoms with Crippen LogP contribution in [0.15, 0.2) is 42.5 Å². The first kappa shape index (κ1) is 14.3. The van der Waals surface area contributed by atoms with E-state index in [1.54, 1.807) is 12.1 Å². The molecule has 2 aromatic rings. The molecule has 0 saturated carbocycles. The first-order valence-corrected chi connectivity index (χ1v) is 7.77. The molecule has 0 aliphatic carbocycles. The van der Waals surface area contributed by atoms with Crippen molar-refractivity contribution < 1.29 is 4.39 Å². The van der Waals surface area contributed by atoms with Crippen molar-refractivity contribution in [3.05, 3.63) is 68.0 Å². The zero-order valence-electron chi connectivity index (χ0n) is 9.34. The number of hydrogen-bond acceptors (Lipinski definition) is 0. The topological polar surface area (TPSA) is 0 Å². The number of halogens is 4. The van der Waals surface area contributed by atoms with Gasteiger partial charge in [-0.25, -0.2) is 4.39 Å². The maximum Gasteiger partial charge on any atom is 0.126 e. The summed E-state index contributed by atoms with van der Waals surface area (Å²) in [4.78, 5) is 0.0556. The van der Waals surface area contributed by atoms with Crippen molar-refractivity contribution in [2.45, 2.75) is 11.2 Å². The summed E-state index contributed by atoms with van der Waals surface area (Å²) in [6, 6.07) is 12.6. The Morgan fingerprint density at radius 1 is 1.22 bits per heavy atom. The van der Waals surface area contributed by atoms with E-state index in [1.165, 1.54) is 6.07 Å². The third-order valence-corrected chi connectivity index (χ3v) is 4.69. The second-order valence-corrected chi connectivity index (χ2v) is 6.63. The maximum atomic E-state index is 13.6. The van der Waals surface area contributed by atoms with E-state index in [-0.39, 0.29) is 10.6 Å². The molecule has 0 aromatic heterocycles. The third kappa shape index (κ3) is 3.45. The molecule has 1 atom stereocenters. The largest absolute Gasteiger partial charge is 0.207 e. The fourth-order valence-corrected chi connectivity index (χ4v) is 3.77. The highest BCUT2D eigenvalue weighted by Gasteiger charge is 2.14. The lowest BCUT2D eigenvalue weighted by Crippen LogP contribution is -2.00. The van der Waals surface area contributed by atoms with E-state index < -0.39 is 0 Å². The molecule has 0 nitrogen and oxygen atoms in total. The molecule has 1 unspecified atom stereocenters. The molecular weight excluding hydrogens is 429 g/mol. The zero-order valence-corrected chi connectivity index (χ0v) is 13.8. The lowest BCUT2D eigenvalue weighted by Gasteiger charge is -2.13. The highest BCUT2D eigenvalue weighted by molar-refractivity contribution is 14.1. The van der Waals surface area contributed by atoms with E-state index in [2.05, 4.69) is 38.5 Å². The Labute approximate surface area is 133 Å². The monoisotopic (exact) mass is 438 g/mol. The molecule has 0 radical (unpaired) electrons. The minimum atomic E-state index is -0.168. The molecule has 0 aliphatic heterocycles. The minimum Gasteiger partial charge on any atom is -0.207 e. The van der Waals surface area contributed by atoms with Gasteiger partial charge in [0.15, 0.2) is 0 Å². The molecule has 0 N–H and O–H groups in total. The second kappa shape index (κ2) is 6.35. The summed E-state index contributed by atoms with van der Waals surface area (Å²) < 4.78 is 14.7. The second-order valence-electron chi connectivity index (χ2n) is 3.93. The Morgan fingerprint density at radius 2 is 1.94 bits per heavy atom. The number of alkyl halides is 1. The van der Waals surface area contributed by atoms with Crippen LogP contribution in [0.5, 0.6) is 0 Å². The van der Waals surface area contributed by atoms with E-state index in [0.717, 1.165) is 9.13 Å². The lowest BCUT2D eigenvalue weighted by atomic mass is 10.0. The fraction of sp³-hybridized carbons (Fsp3) is 0.143. The van der Waals surface area contributed by atoms with Gasteiger partial charge in [0, 0.05) is 13.4 Å². The highest BCUT2D eigenvalue weighted by atomic mass is 127. The summed E-state index contributed by atoms with van der Waals surface area (Å²) in [6.07, 6.45) is 0.600. The lowest BCUT2D eigenvalue weighted by molar-refractivity contribution is 0.608. The van der Waals surface area contributed by atoms with Crippen LogP contribution in [0.4, 0.5) is 4.39 Å². The molecule has 2 rings (SSSR count). The van der Waals surface area contributed by atoms with E-state index in [4.69, 9.17) is 11.6 Å². The van der Waals surface area contributed by atoms with Crippen molar-refractivity contribution in [1.82, 2.24) is 0 Å². The summed E-state index contributed by atoms with van der Waals surface area (Å²) in [5, 5.41) is 0.698. The van der Waals surface area contributed by atoms with Crippen molar-refractivity contribution in [3.63, 3.8) is 0 Å². The number of benzene rings is 2. The van der Waals surface area contributed by atoms with Gasteiger partial charge in [0.2, 0.25) is 0 Å². The van der Waals surface area contributed by atoms with Crippen molar-refractivity contribution in [2.24, 2.45) is 0 Å². The first-order chi connectivity index (χ1) is 8.58. The van der Waals surface area contributed by atoms with Crippen molar-refractivity contribution in [2.75, 3.05) is 0 Å². The highest BCUT2D eigenvalue weighted by Crippen LogP contribution is 2.32. The average Bonchev–Trinajstić information content (AvgIpc) is 2.35. The number of rotatable bonds is 3. The first-order valence-electron chi connectivity index (χ1n) is 5.40. The van der Waals surface area contributed by atoms with Gasteiger partial charge in [-0.1, -0.05) is 45.7 Å². The summed E-state index contributed by atoms with van der Waals surface area (Å²) in [5.74, 6) is -0.168.